The highest BCUT2D eigenvalue weighted by Crippen LogP contribution is 2.28. The number of primary sulfonamides is 1. The van der Waals surface area contributed by atoms with Crippen molar-refractivity contribution in [3.8, 4) is 6.07 Å². The summed E-state index contributed by atoms with van der Waals surface area (Å²) in [5.74, 6) is -0.527. The smallest absolute Gasteiger partial charge is 0.244 e. The number of benzene rings is 1. The average molecular weight is 295 g/mol. The second kappa shape index (κ2) is 6.03. The van der Waals surface area contributed by atoms with Gasteiger partial charge in [-0.25, -0.2) is 13.6 Å². The SMILES string of the molecule is CCC(C#N)(CC)C(=O)Nc1ccccc1S(N)(=O)=O. The zero-order valence-electron chi connectivity index (χ0n) is 11.4. The Morgan fingerprint density at radius 3 is 2.35 bits per heavy atom. The van der Waals surface area contributed by atoms with E-state index in [-0.39, 0.29) is 10.6 Å². The van der Waals surface area contributed by atoms with Crippen molar-refractivity contribution >= 4 is 21.6 Å². The molecule has 0 radical (unpaired) electrons. The number of nitrogens with one attached hydrogen (secondary N) is 1. The van der Waals surface area contributed by atoms with Crippen LogP contribution in [0, 0.1) is 16.7 Å². The van der Waals surface area contributed by atoms with Gasteiger partial charge in [0.1, 0.15) is 10.3 Å². The molecule has 1 aromatic rings. The van der Waals surface area contributed by atoms with Crippen molar-refractivity contribution in [3.63, 3.8) is 0 Å². The van der Waals surface area contributed by atoms with E-state index in [1.54, 1.807) is 19.9 Å². The molecule has 0 fully saturated rings. The number of nitrogens with zero attached hydrogens (tertiary/aromatic N) is 1. The number of nitrogens with two attached hydrogens (primary N) is 1. The molecular weight excluding hydrogens is 278 g/mol. The van der Waals surface area contributed by atoms with Gasteiger partial charge >= 0.3 is 0 Å². The van der Waals surface area contributed by atoms with Crippen molar-refractivity contribution in [2.75, 3.05) is 5.32 Å². The van der Waals surface area contributed by atoms with Gasteiger partial charge in [0.25, 0.3) is 0 Å². The van der Waals surface area contributed by atoms with E-state index in [2.05, 4.69) is 5.32 Å². The first-order valence-corrected chi connectivity index (χ1v) is 7.70. The molecule has 0 aliphatic rings. The predicted molar refractivity (Wildman–Crippen MR) is 75.1 cm³/mol. The highest BCUT2D eigenvalue weighted by molar-refractivity contribution is 7.89. The monoisotopic (exact) mass is 295 g/mol. The molecule has 0 bridgehead atoms. The number of hydrogen-bond donors (Lipinski definition) is 2. The van der Waals surface area contributed by atoms with Crippen LogP contribution in [0.25, 0.3) is 0 Å². The topological polar surface area (TPSA) is 113 Å². The van der Waals surface area contributed by atoms with Gasteiger partial charge in [0.2, 0.25) is 15.9 Å². The fourth-order valence-corrected chi connectivity index (χ4v) is 2.53. The van der Waals surface area contributed by atoms with E-state index in [0.29, 0.717) is 12.8 Å². The Kier molecular flexibility index (Phi) is 4.87. The zero-order chi connectivity index (χ0) is 15.4. The summed E-state index contributed by atoms with van der Waals surface area (Å²) < 4.78 is 22.9. The molecule has 0 unspecified atom stereocenters. The number of nitriles is 1. The van der Waals surface area contributed by atoms with Crippen LogP contribution in [0.2, 0.25) is 0 Å². The van der Waals surface area contributed by atoms with E-state index in [1.807, 2.05) is 6.07 Å². The zero-order valence-corrected chi connectivity index (χ0v) is 12.2. The summed E-state index contributed by atoms with van der Waals surface area (Å²) in [6.07, 6.45) is 0.673. The van der Waals surface area contributed by atoms with Gasteiger partial charge in [-0.1, -0.05) is 26.0 Å². The highest BCUT2D eigenvalue weighted by Gasteiger charge is 2.35. The van der Waals surface area contributed by atoms with Crippen molar-refractivity contribution in [3.05, 3.63) is 24.3 Å². The standard InChI is InChI=1S/C13H17N3O3S/c1-3-13(4-2,9-14)12(17)16-10-7-5-6-8-11(10)20(15,18)19/h5-8H,3-4H2,1-2H3,(H,16,17)(H2,15,18,19). The van der Waals surface area contributed by atoms with Gasteiger partial charge in [-0.3, -0.25) is 4.79 Å². The maximum atomic E-state index is 12.2. The van der Waals surface area contributed by atoms with Crippen LogP contribution in [0.5, 0.6) is 0 Å². The predicted octanol–water partition coefficient (Wildman–Crippen LogP) is 1.60. The summed E-state index contributed by atoms with van der Waals surface area (Å²) in [5, 5.41) is 16.8. The lowest BCUT2D eigenvalue weighted by atomic mass is 9.83. The molecule has 0 atom stereocenters. The molecule has 1 rings (SSSR count). The molecule has 1 aromatic carbocycles. The van der Waals surface area contributed by atoms with Gasteiger partial charge in [-0.2, -0.15) is 5.26 Å². The number of carbonyl (C=O) groups excluding carboxylic acids is 1. The Balaban J connectivity index is 3.19. The molecule has 3 N–H and O–H groups in total. The number of hydrogen-bond acceptors (Lipinski definition) is 4. The van der Waals surface area contributed by atoms with Gasteiger partial charge in [0, 0.05) is 0 Å². The molecule has 0 saturated heterocycles. The highest BCUT2D eigenvalue weighted by atomic mass is 32.2. The van der Waals surface area contributed by atoms with Gasteiger partial charge in [-0.05, 0) is 25.0 Å². The average Bonchev–Trinajstić information content (AvgIpc) is 2.41. The minimum atomic E-state index is -3.94. The fraction of sp³-hybridized carbons (Fsp3) is 0.385. The number of amides is 1. The minimum absolute atomic E-state index is 0.0847. The first kappa shape index (κ1) is 16.1. The molecule has 0 aliphatic carbocycles. The van der Waals surface area contributed by atoms with Crippen LogP contribution in [0.15, 0.2) is 29.2 Å². The van der Waals surface area contributed by atoms with Crippen LogP contribution in [-0.2, 0) is 14.8 Å². The lowest BCUT2D eigenvalue weighted by Crippen LogP contribution is -2.34. The summed E-state index contributed by atoms with van der Waals surface area (Å²) in [7, 11) is -3.94. The third kappa shape index (κ3) is 3.15. The lowest BCUT2D eigenvalue weighted by molar-refractivity contribution is -0.123. The first-order chi connectivity index (χ1) is 9.30. The molecule has 0 aliphatic heterocycles. The van der Waals surface area contributed by atoms with Gasteiger partial charge in [-0.15, -0.1) is 0 Å². The lowest BCUT2D eigenvalue weighted by Gasteiger charge is -2.22. The van der Waals surface area contributed by atoms with Crippen molar-refractivity contribution in [2.24, 2.45) is 10.6 Å². The Morgan fingerprint density at radius 2 is 1.90 bits per heavy atom. The van der Waals surface area contributed by atoms with Gasteiger partial charge < -0.3 is 5.32 Å². The molecule has 7 heteroatoms. The molecule has 6 nitrogen and oxygen atoms in total. The van der Waals surface area contributed by atoms with Crippen LogP contribution in [-0.4, -0.2) is 14.3 Å². The van der Waals surface area contributed by atoms with Crippen molar-refractivity contribution < 1.29 is 13.2 Å². The molecule has 0 aromatic heterocycles. The second-order valence-corrected chi connectivity index (χ2v) is 5.93. The maximum Gasteiger partial charge on any atom is 0.244 e. The number of rotatable bonds is 5. The summed E-state index contributed by atoms with van der Waals surface area (Å²) in [5.41, 5.74) is -1.09. The normalized spacial score (nSPS) is 11.7. The van der Waals surface area contributed by atoms with Gasteiger partial charge in [0.15, 0.2) is 0 Å². The number of para-hydroxylation sites is 1. The van der Waals surface area contributed by atoms with Crippen LogP contribution in [0.1, 0.15) is 26.7 Å². The summed E-state index contributed by atoms with van der Waals surface area (Å²) >= 11 is 0. The van der Waals surface area contributed by atoms with Crippen LogP contribution in [0.3, 0.4) is 0 Å². The van der Waals surface area contributed by atoms with E-state index in [9.17, 15) is 18.5 Å². The van der Waals surface area contributed by atoms with Gasteiger partial charge in [0.05, 0.1) is 11.8 Å². The first-order valence-electron chi connectivity index (χ1n) is 6.15. The molecule has 108 valence electrons. The molecule has 0 heterocycles. The third-order valence-corrected chi connectivity index (χ3v) is 4.27. The molecular formula is C13H17N3O3S. The van der Waals surface area contributed by atoms with Crippen LogP contribution >= 0.6 is 0 Å². The molecule has 0 spiro atoms. The Bertz CT molecular complexity index is 643. The summed E-state index contributed by atoms with van der Waals surface area (Å²) in [6, 6.07) is 7.82. The maximum absolute atomic E-state index is 12.2. The van der Waals surface area contributed by atoms with E-state index >= 15 is 0 Å². The van der Waals surface area contributed by atoms with E-state index in [4.69, 9.17) is 5.14 Å². The molecule has 1 amide bonds. The fourth-order valence-electron chi connectivity index (χ4n) is 1.84. The molecule has 0 saturated carbocycles. The summed E-state index contributed by atoms with van der Waals surface area (Å²) in [6.45, 7) is 3.47. The third-order valence-electron chi connectivity index (χ3n) is 3.30. The van der Waals surface area contributed by atoms with E-state index in [0.717, 1.165) is 0 Å². The number of sulfonamides is 1. The minimum Gasteiger partial charge on any atom is -0.323 e. The van der Waals surface area contributed by atoms with Crippen molar-refractivity contribution in [1.29, 1.82) is 5.26 Å². The Labute approximate surface area is 118 Å². The van der Waals surface area contributed by atoms with Crippen LogP contribution in [0.4, 0.5) is 5.69 Å². The van der Waals surface area contributed by atoms with Crippen LogP contribution < -0.4 is 10.5 Å². The number of anilines is 1. The Morgan fingerprint density at radius 1 is 1.35 bits per heavy atom. The second-order valence-electron chi connectivity index (χ2n) is 4.40. The molecule has 20 heavy (non-hydrogen) atoms. The largest absolute Gasteiger partial charge is 0.323 e. The quantitative estimate of drug-likeness (QED) is 0.858. The van der Waals surface area contributed by atoms with Crippen molar-refractivity contribution in [1.82, 2.24) is 0 Å². The summed E-state index contributed by atoms with van der Waals surface area (Å²) in [4.78, 5) is 12.1. The number of carbonyl (C=O) groups is 1. The van der Waals surface area contributed by atoms with E-state index < -0.39 is 21.3 Å². The van der Waals surface area contributed by atoms with Crippen molar-refractivity contribution in [2.45, 2.75) is 31.6 Å². The van der Waals surface area contributed by atoms with E-state index in [1.165, 1.54) is 18.2 Å². The Hall–Kier alpha value is -1.91.